The highest BCUT2D eigenvalue weighted by atomic mass is 32.2. The topological polar surface area (TPSA) is 114 Å². The number of benzene rings is 1. The Morgan fingerprint density at radius 2 is 2.20 bits per heavy atom. The summed E-state index contributed by atoms with van der Waals surface area (Å²) in [7, 11) is 1.57. The predicted molar refractivity (Wildman–Crippen MR) is 116 cm³/mol. The lowest BCUT2D eigenvalue weighted by Crippen LogP contribution is -2.28. The quantitative estimate of drug-likeness (QED) is 0.340. The molecular formula is C19H23N5O4S2. The second-order valence-corrected chi connectivity index (χ2v) is 8.94. The summed E-state index contributed by atoms with van der Waals surface area (Å²) in [5.41, 5.74) is 1.85. The standard InChI is InChI=1S/C19H23N5O4S2/c1-12-4-3-5-14(8-12)24-10-13(9-16(24)26)17(27)21-18-22-23-19(30-18)29-11-15(25)20-6-7-28-2/h3-5,8,13H,6-7,9-11H2,1-2H3,(H,20,25)(H,21,22,27). The molecule has 1 aliphatic rings. The van der Waals surface area contributed by atoms with E-state index in [2.05, 4.69) is 20.8 Å². The summed E-state index contributed by atoms with van der Waals surface area (Å²) in [4.78, 5) is 38.3. The summed E-state index contributed by atoms with van der Waals surface area (Å²) in [5, 5.41) is 13.7. The van der Waals surface area contributed by atoms with Crippen LogP contribution in [0.1, 0.15) is 12.0 Å². The van der Waals surface area contributed by atoms with Crippen LogP contribution in [0.5, 0.6) is 0 Å². The molecule has 1 fully saturated rings. The van der Waals surface area contributed by atoms with Gasteiger partial charge in [-0.3, -0.25) is 14.4 Å². The number of nitrogens with zero attached hydrogens (tertiary/aromatic N) is 3. The number of rotatable bonds is 9. The van der Waals surface area contributed by atoms with Crippen LogP contribution in [0.2, 0.25) is 0 Å². The van der Waals surface area contributed by atoms with Gasteiger partial charge in [-0.15, -0.1) is 10.2 Å². The van der Waals surface area contributed by atoms with Gasteiger partial charge in [-0.25, -0.2) is 0 Å². The van der Waals surface area contributed by atoms with Crippen molar-refractivity contribution >= 4 is 51.6 Å². The number of nitrogens with one attached hydrogen (secondary N) is 2. The predicted octanol–water partition coefficient (Wildman–Crippen LogP) is 1.69. The molecule has 2 aromatic rings. The van der Waals surface area contributed by atoms with Gasteiger partial charge in [0, 0.05) is 32.3 Å². The summed E-state index contributed by atoms with van der Waals surface area (Å²) < 4.78 is 5.45. The van der Waals surface area contributed by atoms with Crippen molar-refractivity contribution < 1.29 is 19.1 Å². The highest BCUT2D eigenvalue weighted by Gasteiger charge is 2.35. The Kier molecular flexibility index (Phi) is 7.77. The number of anilines is 2. The maximum Gasteiger partial charge on any atom is 0.231 e. The first-order chi connectivity index (χ1) is 14.5. The van der Waals surface area contributed by atoms with Gasteiger partial charge in [-0.05, 0) is 24.6 Å². The number of hydrogen-bond donors (Lipinski definition) is 2. The van der Waals surface area contributed by atoms with E-state index in [1.807, 2.05) is 31.2 Å². The molecule has 0 radical (unpaired) electrons. The van der Waals surface area contributed by atoms with Crippen molar-refractivity contribution in [1.29, 1.82) is 0 Å². The van der Waals surface area contributed by atoms with E-state index in [0.29, 0.717) is 29.2 Å². The molecule has 1 unspecified atom stereocenters. The molecule has 2 N–H and O–H groups in total. The van der Waals surface area contributed by atoms with Crippen LogP contribution in [-0.4, -0.2) is 60.5 Å². The average Bonchev–Trinajstić information content (AvgIpc) is 3.33. The molecule has 0 spiro atoms. The number of ether oxygens (including phenoxy) is 1. The molecule has 1 aliphatic heterocycles. The van der Waals surface area contributed by atoms with Crippen LogP contribution >= 0.6 is 23.1 Å². The third kappa shape index (κ3) is 6.00. The van der Waals surface area contributed by atoms with Gasteiger partial charge >= 0.3 is 0 Å². The molecule has 9 nitrogen and oxygen atoms in total. The summed E-state index contributed by atoms with van der Waals surface area (Å²) in [6.07, 6.45) is 0.155. The minimum atomic E-state index is -0.454. The molecule has 1 aromatic carbocycles. The Morgan fingerprint density at radius 1 is 1.37 bits per heavy atom. The molecule has 11 heteroatoms. The number of aromatic nitrogens is 2. The smallest absolute Gasteiger partial charge is 0.231 e. The van der Waals surface area contributed by atoms with Gasteiger partial charge in [0.2, 0.25) is 22.9 Å². The third-order valence-electron chi connectivity index (χ3n) is 4.40. The van der Waals surface area contributed by atoms with E-state index in [0.717, 1.165) is 11.3 Å². The molecule has 30 heavy (non-hydrogen) atoms. The Hall–Kier alpha value is -2.50. The number of aryl methyl sites for hydroxylation is 1. The van der Waals surface area contributed by atoms with Crippen LogP contribution in [0.25, 0.3) is 0 Å². The SMILES string of the molecule is COCCNC(=O)CSc1nnc(NC(=O)C2CC(=O)N(c3cccc(C)c3)C2)s1. The summed E-state index contributed by atoms with van der Waals surface area (Å²) in [5.74, 6) is -0.713. The summed E-state index contributed by atoms with van der Waals surface area (Å²) >= 11 is 2.44. The molecule has 3 amide bonds. The van der Waals surface area contributed by atoms with Crippen LogP contribution in [0.15, 0.2) is 28.6 Å². The molecule has 0 saturated carbocycles. The Balaban J connectivity index is 1.49. The van der Waals surface area contributed by atoms with Crippen molar-refractivity contribution in [2.75, 3.05) is 42.8 Å². The zero-order valence-electron chi connectivity index (χ0n) is 16.7. The van der Waals surface area contributed by atoms with Crippen molar-refractivity contribution in [3.05, 3.63) is 29.8 Å². The number of methoxy groups -OCH3 is 1. The maximum atomic E-state index is 12.6. The van der Waals surface area contributed by atoms with E-state index in [1.54, 1.807) is 12.0 Å². The molecule has 0 aliphatic carbocycles. The second kappa shape index (κ2) is 10.5. The number of carbonyl (C=O) groups excluding carboxylic acids is 3. The second-order valence-electron chi connectivity index (χ2n) is 6.74. The van der Waals surface area contributed by atoms with Crippen LogP contribution in [0.4, 0.5) is 10.8 Å². The van der Waals surface area contributed by atoms with Gasteiger partial charge in [0.15, 0.2) is 4.34 Å². The van der Waals surface area contributed by atoms with Crippen LogP contribution in [0.3, 0.4) is 0 Å². The van der Waals surface area contributed by atoms with Crippen molar-refractivity contribution in [1.82, 2.24) is 15.5 Å². The van der Waals surface area contributed by atoms with Gasteiger partial charge in [-0.2, -0.15) is 0 Å². The summed E-state index contributed by atoms with van der Waals surface area (Å²) in [6.45, 7) is 3.20. The zero-order chi connectivity index (χ0) is 21.5. The minimum Gasteiger partial charge on any atom is -0.383 e. The molecule has 1 saturated heterocycles. The third-order valence-corrected chi connectivity index (χ3v) is 6.37. The Labute approximate surface area is 182 Å². The van der Waals surface area contributed by atoms with Crippen LogP contribution in [0, 0.1) is 12.8 Å². The van der Waals surface area contributed by atoms with Gasteiger partial charge < -0.3 is 20.3 Å². The van der Waals surface area contributed by atoms with Crippen molar-refractivity contribution in [2.24, 2.45) is 5.92 Å². The van der Waals surface area contributed by atoms with Gasteiger partial charge in [0.05, 0.1) is 18.3 Å². The number of hydrogen-bond acceptors (Lipinski definition) is 8. The highest BCUT2D eigenvalue weighted by Crippen LogP contribution is 2.29. The number of carbonyl (C=O) groups is 3. The molecule has 2 heterocycles. The molecule has 0 bridgehead atoms. The van der Waals surface area contributed by atoms with Gasteiger partial charge in [0.25, 0.3) is 0 Å². The highest BCUT2D eigenvalue weighted by molar-refractivity contribution is 8.01. The first-order valence-electron chi connectivity index (χ1n) is 9.36. The lowest BCUT2D eigenvalue weighted by molar-refractivity contribution is -0.122. The lowest BCUT2D eigenvalue weighted by atomic mass is 10.1. The lowest BCUT2D eigenvalue weighted by Gasteiger charge is -2.17. The number of thioether (sulfide) groups is 1. The average molecular weight is 450 g/mol. The molecular weight excluding hydrogens is 426 g/mol. The first-order valence-corrected chi connectivity index (χ1v) is 11.2. The Morgan fingerprint density at radius 3 is 2.97 bits per heavy atom. The zero-order valence-corrected chi connectivity index (χ0v) is 18.3. The van der Waals surface area contributed by atoms with Crippen molar-refractivity contribution in [3.8, 4) is 0 Å². The molecule has 1 atom stereocenters. The molecule has 1 aromatic heterocycles. The normalized spacial score (nSPS) is 16.0. The summed E-state index contributed by atoms with van der Waals surface area (Å²) in [6, 6.07) is 7.65. The van der Waals surface area contributed by atoms with E-state index in [4.69, 9.17) is 4.74 Å². The van der Waals surface area contributed by atoms with E-state index in [9.17, 15) is 14.4 Å². The molecule has 3 rings (SSSR count). The van der Waals surface area contributed by atoms with Gasteiger partial charge in [0.1, 0.15) is 0 Å². The van der Waals surface area contributed by atoms with Crippen molar-refractivity contribution in [3.63, 3.8) is 0 Å². The first kappa shape index (κ1) is 22.2. The Bertz CT molecular complexity index is 920. The van der Waals surface area contributed by atoms with E-state index in [1.165, 1.54) is 23.1 Å². The van der Waals surface area contributed by atoms with Gasteiger partial charge in [-0.1, -0.05) is 35.2 Å². The van der Waals surface area contributed by atoms with Crippen LogP contribution < -0.4 is 15.5 Å². The molecule has 160 valence electrons. The van der Waals surface area contributed by atoms with E-state index in [-0.39, 0.29) is 29.9 Å². The fraction of sp³-hybridized carbons (Fsp3) is 0.421. The maximum absolute atomic E-state index is 12.6. The monoisotopic (exact) mass is 449 g/mol. The number of amides is 3. The fourth-order valence-corrected chi connectivity index (χ4v) is 4.51. The minimum absolute atomic E-state index is 0.0752. The fourth-order valence-electron chi connectivity index (χ4n) is 2.93. The van der Waals surface area contributed by atoms with Crippen LogP contribution in [-0.2, 0) is 19.1 Å². The van der Waals surface area contributed by atoms with E-state index >= 15 is 0 Å². The van der Waals surface area contributed by atoms with E-state index < -0.39 is 5.92 Å². The largest absolute Gasteiger partial charge is 0.383 e. The van der Waals surface area contributed by atoms with Crippen molar-refractivity contribution in [2.45, 2.75) is 17.7 Å².